The van der Waals surface area contributed by atoms with E-state index in [9.17, 15) is 0 Å². The van der Waals surface area contributed by atoms with Crippen molar-refractivity contribution in [2.45, 2.75) is 19.4 Å². The molecule has 3 rings (SSSR count). The van der Waals surface area contributed by atoms with E-state index in [2.05, 4.69) is 32.5 Å². The number of pyridine rings is 1. The average Bonchev–Trinajstić information content (AvgIpc) is 3.19. The van der Waals surface area contributed by atoms with Gasteiger partial charge in [-0.3, -0.25) is 0 Å². The summed E-state index contributed by atoms with van der Waals surface area (Å²) in [5, 5.41) is 11.3. The highest BCUT2D eigenvalue weighted by atomic mass is 35.5. The number of aromatic nitrogens is 5. The van der Waals surface area contributed by atoms with E-state index in [0.717, 1.165) is 12.0 Å². The third kappa shape index (κ3) is 3.49. The van der Waals surface area contributed by atoms with Gasteiger partial charge in [0.1, 0.15) is 0 Å². The van der Waals surface area contributed by atoms with Crippen LogP contribution in [0.1, 0.15) is 12.7 Å². The molecule has 3 heterocycles. The van der Waals surface area contributed by atoms with Crippen molar-refractivity contribution >= 4 is 12.4 Å². The summed E-state index contributed by atoms with van der Waals surface area (Å²) in [6.07, 6.45) is 5.96. The Kier molecular flexibility index (Phi) is 5.24. The van der Waals surface area contributed by atoms with Crippen LogP contribution in [0.2, 0.25) is 0 Å². The van der Waals surface area contributed by atoms with Crippen LogP contribution in [-0.4, -0.2) is 38.0 Å². The van der Waals surface area contributed by atoms with E-state index in [1.807, 2.05) is 31.4 Å². The van der Waals surface area contributed by atoms with Gasteiger partial charge in [-0.05, 0) is 32.2 Å². The second-order valence-electron chi connectivity index (χ2n) is 4.76. The van der Waals surface area contributed by atoms with Crippen molar-refractivity contribution < 1.29 is 4.52 Å². The van der Waals surface area contributed by atoms with E-state index < -0.39 is 0 Å². The molecule has 116 valence electrons. The number of hydrogen-bond acceptors (Lipinski definition) is 6. The molecule has 1 unspecified atom stereocenters. The van der Waals surface area contributed by atoms with Crippen LogP contribution in [0.4, 0.5) is 0 Å². The van der Waals surface area contributed by atoms with E-state index in [1.165, 1.54) is 0 Å². The quantitative estimate of drug-likeness (QED) is 0.773. The van der Waals surface area contributed by atoms with Crippen LogP contribution in [0.3, 0.4) is 0 Å². The third-order valence-corrected chi connectivity index (χ3v) is 3.18. The van der Waals surface area contributed by atoms with E-state index in [-0.39, 0.29) is 12.4 Å². The van der Waals surface area contributed by atoms with E-state index in [0.29, 0.717) is 23.6 Å². The zero-order valence-corrected chi connectivity index (χ0v) is 13.1. The van der Waals surface area contributed by atoms with Gasteiger partial charge in [0.25, 0.3) is 5.89 Å². The first-order valence-electron chi connectivity index (χ1n) is 6.72. The molecule has 0 aliphatic heterocycles. The fourth-order valence-electron chi connectivity index (χ4n) is 1.91. The average molecular weight is 321 g/mol. The van der Waals surface area contributed by atoms with Crippen molar-refractivity contribution in [2.24, 2.45) is 0 Å². The molecule has 1 atom stereocenters. The SMILES string of the molecule is CNC(C)Cc1noc(-c2ccnc(-n3cccn3)c2)n1.Cl. The molecule has 3 aromatic heterocycles. The van der Waals surface area contributed by atoms with Crippen LogP contribution in [0.25, 0.3) is 17.3 Å². The molecule has 0 spiro atoms. The maximum Gasteiger partial charge on any atom is 0.258 e. The summed E-state index contributed by atoms with van der Waals surface area (Å²) in [4.78, 5) is 8.69. The van der Waals surface area contributed by atoms with Crippen molar-refractivity contribution in [1.29, 1.82) is 0 Å². The summed E-state index contributed by atoms with van der Waals surface area (Å²) in [6.45, 7) is 2.07. The van der Waals surface area contributed by atoms with Gasteiger partial charge in [0, 0.05) is 36.6 Å². The standard InChI is InChI=1S/C14H16N6O.ClH/c1-10(15-2)8-12-18-14(21-19-12)11-4-6-16-13(9-11)20-7-3-5-17-20;/h3-7,9-10,15H,8H2,1-2H3;1H. The zero-order chi connectivity index (χ0) is 14.7. The normalized spacial score (nSPS) is 11.9. The summed E-state index contributed by atoms with van der Waals surface area (Å²) in [7, 11) is 1.91. The van der Waals surface area contributed by atoms with Crippen molar-refractivity contribution in [1.82, 2.24) is 30.2 Å². The van der Waals surface area contributed by atoms with Gasteiger partial charge in [0.05, 0.1) is 0 Å². The lowest BCUT2D eigenvalue weighted by atomic mass is 10.2. The molecule has 0 aliphatic carbocycles. The Balaban J connectivity index is 0.00000176. The first kappa shape index (κ1) is 16.1. The van der Waals surface area contributed by atoms with Crippen LogP contribution < -0.4 is 5.32 Å². The maximum absolute atomic E-state index is 5.32. The highest BCUT2D eigenvalue weighted by molar-refractivity contribution is 5.85. The summed E-state index contributed by atoms with van der Waals surface area (Å²) < 4.78 is 7.01. The molecule has 0 bridgehead atoms. The molecule has 0 saturated heterocycles. The van der Waals surface area contributed by atoms with Crippen LogP contribution >= 0.6 is 12.4 Å². The molecule has 3 aromatic rings. The van der Waals surface area contributed by atoms with Gasteiger partial charge in [0.2, 0.25) is 0 Å². The maximum atomic E-state index is 5.32. The lowest BCUT2D eigenvalue weighted by Crippen LogP contribution is -2.24. The third-order valence-electron chi connectivity index (χ3n) is 3.18. The van der Waals surface area contributed by atoms with Gasteiger partial charge in [-0.25, -0.2) is 9.67 Å². The molecule has 0 saturated carbocycles. The molecule has 0 radical (unpaired) electrons. The Bertz CT molecular complexity index is 712. The second kappa shape index (κ2) is 7.15. The van der Waals surface area contributed by atoms with Gasteiger partial charge in [-0.2, -0.15) is 10.1 Å². The number of rotatable bonds is 5. The highest BCUT2D eigenvalue weighted by Gasteiger charge is 2.12. The number of likely N-dealkylation sites (N-methyl/N-ethyl adjacent to an activating group) is 1. The van der Waals surface area contributed by atoms with E-state index >= 15 is 0 Å². The van der Waals surface area contributed by atoms with Gasteiger partial charge in [-0.1, -0.05) is 5.16 Å². The molecule has 22 heavy (non-hydrogen) atoms. The van der Waals surface area contributed by atoms with Crippen LogP contribution in [0.5, 0.6) is 0 Å². The van der Waals surface area contributed by atoms with Crippen molar-refractivity contribution in [3.63, 3.8) is 0 Å². The number of hydrogen-bond donors (Lipinski definition) is 1. The summed E-state index contributed by atoms with van der Waals surface area (Å²) in [6, 6.07) is 5.85. The van der Waals surface area contributed by atoms with Crippen LogP contribution in [0, 0.1) is 0 Å². The van der Waals surface area contributed by atoms with E-state index in [4.69, 9.17) is 4.52 Å². The Hall–Kier alpha value is -2.25. The lowest BCUT2D eigenvalue weighted by molar-refractivity contribution is 0.418. The zero-order valence-electron chi connectivity index (χ0n) is 12.3. The smallest absolute Gasteiger partial charge is 0.258 e. The minimum Gasteiger partial charge on any atom is -0.334 e. The fraction of sp³-hybridized carbons (Fsp3) is 0.286. The molecule has 8 heteroatoms. The van der Waals surface area contributed by atoms with Gasteiger partial charge < -0.3 is 9.84 Å². The van der Waals surface area contributed by atoms with Crippen LogP contribution in [-0.2, 0) is 6.42 Å². The number of halogens is 1. The second-order valence-corrected chi connectivity index (χ2v) is 4.76. The first-order valence-corrected chi connectivity index (χ1v) is 6.72. The molecule has 0 aliphatic rings. The van der Waals surface area contributed by atoms with Gasteiger partial charge >= 0.3 is 0 Å². The minimum atomic E-state index is 0. The number of nitrogens with zero attached hydrogens (tertiary/aromatic N) is 5. The summed E-state index contributed by atoms with van der Waals surface area (Å²) >= 11 is 0. The van der Waals surface area contributed by atoms with Crippen molar-refractivity contribution in [3.8, 4) is 17.3 Å². The monoisotopic (exact) mass is 320 g/mol. The summed E-state index contributed by atoms with van der Waals surface area (Å²) in [5.41, 5.74) is 0.825. The molecular formula is C14H17ClN6O. The van der Waals surface area contributed by atoms with Crippen molar-refractivity contribution in [3.05, 3.63) is 42.6 Å². The van der Waals surface area contributed by atoms with E-state index in [1.54, 1.807) is 17.1 Å². The Morgan fingerprint density at radius 1 is 1.36 bits per heavy atom. The topological polar surface area (TPSA) is 81.7 Å². The Morgan fingerprint density at radius 3 is 2.95 bits per heavy atom. The summed E-state index contributed by atoms with van der Waals surface area (Å²) in [5.74, 6) is 1.88. The molecular weight excluding hydrogens is 304 g/mol. The predicted molar refractivity (Wildman–Crippen MR) is 84.1 cm³/mol. The Labute approximate surface area is 134 Å². The number of nitrogens with one attached hydrogen (secondary N) is 1. The predicted octanol–water partition coefficient (Wildman–Crippen LogP) is 1.89. The fourth-order valence-corrected chi connectivity index (χ4v) is 1.91. The lowest BCUT2D eigenvalue weighted by Gasteiger charge is -2.04. The van der Waals surface area contributed by atoms with Crippen LogP contribution in [0.15, 0.2) is 41.3 Å². The molecule has 7 nitrogen and oxygen atoms in total. The molecule has 0 fully saturated rings. The molecule has 0 aromatic carbocycles. The largest absolute Gasteiger partial charge is 0.334 e. The van der Waals surface area contributed by atoms with Crippen molar-refractivity contribution in [2.75, 3.05) is 7.05 Å². The first-order chi connectivity index (χ1) is 10.3. The Morgan fingerprint density at radius 2 is 2.23 bits per heavy atom. The highest BCUT2D eigenvalue weighted by Crippen LogP contribution is 2.19. The molecule has 1 N–H and O–H groups in total. The molecule has 0 amide bonds. The van der Waals surface area contributed by atoms with Gasteiger partial charge in [-0.15, -0.1) is 12.4 Å². The minimum absolute atomic E-state index is 0. The van der Waals surface area contributed by atoms with Gasteiger partial charge in [0.15, 0.2) is 11.6 Å².